The third-order valence-electron chi connectivity index (χ3n) is 5.54. The highest BCUT2D eigenvalue weighted by Gasteiger charge is 2.27. The summed E-state index contributed by atoms with van der Waals surface area (Å²) in [7, 11) is 1.36. The highest BCUT2D eigenvalue weighted by atomic mass is 35.5. The Kier molecular flexibility index (Phi) is 6.05. The molecule has 168 valence electrons. The number of amides is 2. The number of fused-ring (bicyclic) bond motifs is 2. The summed E-state index contributed by atoms with van der Waals surface area (Å²) in [6.07, 6.45) is 3.84. The van der Waals surface area contributed by atoms with Crippen LogP contribution in [-0.4, -0.2) is 24.1 Å². The maximum atomic E-state index is 12.7. The summed E-state index contributed by atoms with van der Waals surface area (Å²) in [6, 6.07) is 12.8. The van der Waals surface area contributed by atoms with Crippen LogP contribution >= 0.6 is 34.3 Å². The number of thiazole rings is 1. The minimum Gasteiger partial charge on any atom is -0.465 e. The van der Waals surface area contributed by atoms with E-state index >= 15 is 0 Å². The van der Waals surface area contributed by atoms with Crippen molar-refractivity contribution < 1.29 is 14.3 Å². The number of carbonyl (C=O) groups is 2. The normalized spacial score (nSPS) is 12.9. The van der Waals surface area contributed by atoms with Crippen LogP contribution in [0.4, 0.5) is 15.5 Å². The Bertz CT molecular complexity index is 1350. The maximum absolute atomic E-state index is 12.7. The number of hydrogen-bond donors (Lipinski definition) is 2. The minimum absolute atomic E-state index is 0.423. The van der Waals surface area contributed by atoms with Crippen LogP contribution in [0.1, 0.15) is 33.6 Å². The zero-order valence-electron chi connectivity index (χ0n) is 17.7. The Morgan fingerprint density at radius 1 is 1.06 bits per heavy atom. The topological polar surface area (TPSA) is 80.3 Å². The van der Waals surface area contributed by atoms with E-state index in [-0.39, 0.29) is 0 Å². The Hall–Kier alpha value is -2.94. The van der Waals surface area contributed by atoms with Gasteiger partial charge in [0.1, 0.15) is 10.0 Å². The van der Waals surface area contributed by atoms with Gasteiger partial charge in [0, 0.05) is 16.1 Å². The minimum atomic E-state index is -0.442. The summed E-state index contributed by atoms with van der Waals surface area (Å²) < 4.78 is 6.06. The number of carbonyl (C=O) groups excluding carboxylic acids is 2. The number of benzene rings is 2. The average molecular weight is 498 g/mol. The van der Waals surface area contributed by atoms with E-state index in [4.69, 9.17) is 16.3 Å². The Morgan fingerprint density at radius 2 is 1.88 bits per heavy atom. The van der Waals surface area contributed by atoms with Crippen LogP contribution in [0, 0.1) is 0 Å². The first-order valence-electron chi connectivity index (χ1n) is 10.5. The first kappa shape index (κ1) is 21.9. The summed E-state index contributed by atoms with van der Waals surface area (Å²) in [4.78, 5) is 30.9. The lowest BCUT2D eigenvalue weighted by Gasteiger charge is -2.12. The molecule has 1 aliphatic carbocycles. The van der Waals surface area contributed by atoms with Crippen molar-refractivity contribution in [2.45, 2.75) is 25.7 Å². The zero-order valence-corrected chi connectivity index (χ0v) is 20.1. The van der Waals surface area contributed by atoms with E-state index in [1.165, 1.54) is 18.4 Å². The smallest absolute Gasteiger partial charge is 0.341 e. The monoisotopic (exact) mass is 497 g/mol. The predicted octanol–water partition coefficient (Wildman–Crippen LogP) is 6.99. The molecule has 6 nitrogen and oxygen atoms in total. The first-order chi connectivity index (χ1) is 16.0. The molecule has 0 saturated carbocycles. The molecular formula is C24H20ClN3O3S2. The number of thiophene rings is 1. The van der Waals surface area contributed by atoms with Gasteiger partial charge in [-0.2, -0.15) is 0 Å². The van der Waals surface area contributed by atoms with Gasteiger partial charge in [-0.05, 0) is 61.6 Å². The van der Waals surface area contributed by atoms with Crippen molar-refractivity contribution in [3.63, 3.8) is 0 Å². The van der Waals surface area contributed by atoms with Crippen molar-refractivity contribution in [2.24, 2.45) is 0 Å². The zero-order chi connectivity index (χ0) is 22.9. The van der Waals surface area contributed by atoms with E-state index in [1.807, 2.05) is 30.3 Å². The summed E-state index contributed by atoms with van der Waals surface area (Å²) >= 11 is 9.54. The highest BCUT2D eigenvalue weighted by Crippen LogP contribution is 2.39. The number of esters is 1. The lowest BCUT2D eigenvalue weighted by molar-refractivity contribution is 0.0601. The van der Waals surface area contributed by atoms with E-state index in [0.29, 0.717) is 21.3 Å². The molecule has 2 heterocycles. The molecule has 0 unspecified atom stereocenters. The van der Waals surface area contributed by atoms with Gasteiger partial charge in [-0.15, -0.1) is 22.7 Å². The van der Waals surface area contributed by atoms with E-state index in [0.717, 1.165) is 56.9 Å². The number of nitrogens with one attached hydrogen (secondary N) is 2. The van der Waals surface area contributed by atoms with Crippen molar-refractivity contribution in [3.05, 3.63) is 63.5 Å². The van der Waals surface area contributed by atoms with Gasteiger partial charge >= 0.3 is 12.0 Å². The maximum Gasteiger partial charge on any atom is 0.341 e. The van der Waals surface area contributed by atoms with Crippen molar-refractivity contribution in [3.8, 4) is 10.6 Å². The average Bonchev–Trinajstić information content (AvgIpc) is 3.39. The molecule has 2 aromatic heterocycles. The third kappa shape index (κ3) is 4.34. The van der Waals surface area contributed by atoms with Gasteiger partial charge in [-0.1, -0.05) is 23.7 Å². The fourth-order valence-electron chi connectivity index (χ4n) is 3.99. The van der Waals surface area contributed by atoms with Gasteiger partial charge < -0.3 is 10.1 Å². The lowest BCUT2D eigenvalue weighted by Crippen LogP contribution is -2.20. The number of methoxy groups -OCH3 is 1. The lowest BCUT2D eigenvalue weighted by atomic mass is 9.95. The summed E-state index contributed by atoms with van der Waals surface area (Å²) in [5, 5.41) is 7.47. The molecule has 0 fully saturated rings. The highest BCUT2D eigenvalue weighted by molar-refractivity contribution is 7.21. The van der Waals surface area contributed by atoms with Gasteiger partial charge in [0.05, 0.1) is 27.9 Å². The van der Waals surface area contributed by atoms with Gasteiger partial charge in [0.2, 0.25) is 0 Å². The molecule has 9 heteroatoms. The van der Waals surface area contributed by atoms with Crippen LogP contribution in [0.2, 0.25) is 5.02 Å². The van der Waals surface area contributed by atoms with E-state index < -0.39 is 12.0 Å². The fraction of sp³-hybridized carbons (Fsp3) is 0.208. The van der Waals surface area contributed by atoms with Crippen molar-refractivity contribution >= 4 is 67.2 Å². The van der Waals surface area contributed by atoms with E-state index in [2.05, 4.69) is 15.6 Å². The quantitative estimate of drug-likeness (QED) is 0.298. The molecule has 5 rings (SSSR count). The van der Waals surface area contributed by atoms with Gasteiger partial charge in [0.15, 0.2) is 0 Å². The number of hydrogen-bond acceptors (Lipinski definition) is 6. The SMILES string of the molecule is COC(=O)c1c(NC(=O)Nc2ccc(-c3nc4ccccc4s3)c(Cl)c2)sc2c1CCCC2. The Morgan fingerprint density at radius 3 is 2.67 bits per heavy atom. The second kappa shape index (κ2) is 9.13. The third-order valence-corrected chi connectivity index (χ3v) is 8.13. The number of aryl methyl sites for hydroxylation is 1. The van der Waals surface area contributed by atoms with Crippen molar-refractivity contribution in [2.75, 3.05) is 17.7 Å². The molecule has 2 N–H and O–H groups in total. The van der Waals surface area contributed by atoms with E-state index in [1.54, 1.807) is 23.5 Å². The Balaban J connectivity index is 1.35. The van der Waals surface area contributed by atoms with Crippen LogP contribution in [0.3, 0.4) is 0 Å². The molecule has 1 aliphatic rings. The number of halogens is 1. The number of para-hydroxylation sites is 1. The number of ether oxygens (including phenoxy) is 1. The van der Waals surface area contributed by atoms with Crippen LogP contribution in [0.25, 0.3) is 20.8 Å². The number of anilines is 2. The number of nitrogens with zero attached hydrogens (tertiary/aromatic N) is 1. The second-order valence-corrected chi connectivity index (χ2v) is 10.2. The molecule has 0 atom stereocenters. The predicted molar refractivity (Wildman–Crippen MR) is 135 cm³/mol. The summed E-state index contributed by atoms with van der Waals surface area (Å²) in [6.45, 7) is 0. The van der Waals surface area contributed by atoms with Gasteiger partial charge in [-0.3, -0.25) is 5.32 Å². The van der Waals surface area contributed by atoms with Crippen molar-refractivity contribution in [1.29, 1.82) is 0 Å². The summed E-state index contributed by atoms with van der Waals surface area (Å²) in [5.41, 5.74) is 3.74. The van der Waals surface area contributed by atoms with E-state index in [9.17, 15) is 9.59 Å². The van der Waals surface area contributed by atoms with Crippen molar-refractivity contribution in [1.82, 2.24) is 4.98 Å². The number of rotatable bonds is 4. The molecule has 0 saturated heterocycles. The van der Waals surface area contributed by atoms with Gasteiger partial charge in [0.25, 0.3) is 0 Å². The molecule has 4 aromatic rings. The molecule has 0 radical (unpaired) electrons. The summed E-state index contributed by atoms with van der Waals surface area (Å²) in [5.74, 6) is -0.423. The molecular weight excluding hydrogens is 478 g/mol. The van der Waals surface area contributed by atoms with Crippen LogP contribution in [0.5, 0.6) is 0 Å². The second-order valence-electron chi connectivity index (χ2n) is 7.67. The number of aromatic nitrogens is 1. The Labute approximate surface area is 203 Å². The molecule has 0 spiro atoms. The molecule has 2 aromatic carbocycles. The molecule has 0 aliphatic heterocycles. The number of urea groups is 1. The first-order valence-corrected chi connectivity index (χ1v) is 12.5. The largest absolute Gasteiger partial charge is 0.465 e. The molecule has 33 heavy (non-hydrogen) atoms. The van der Waals surface area contributed by atoms with Crippen LogP contribution in [-0.2, 0) is 17.6 Å². The molecule has 0 bridgehead atoms. The van der Waals surface area contributed by atoms with Crippen LogP contribution in [0.15, 0.2) is 42.5 Å². The van der Waals surface area contributed by atoms with Crippen LogP contribution < -0.4 is 10.6 Å². The fourth-order valence-corrected chi connectivity index (χ4v) is 6.59. The van der Waals surface area contributed by atoms with Gasteiger partial charge in [-0.25, -0.2) is 14.6 Å². The standard InChI is InChI=1S/C24H20ClN3O3S2/c1-31-23(29)20-15-6-2-4-8-18(15)32-22(20)28-24(30)26-13-10-11-14(16(25)12-13)21-27-17-7-3-5-9-19(17)33-21/h3,5,7,9-12H,2,4,6,8H2,1H3,(H2,26,28,30). The molecule has 2 amide bonds.